The molecule has 3 aliphatic heterocycles. The van der Waals surface area contributed by atoms with Crippen LogP contribution in [-0.4, -0.2) is 75.1 Å². The molecule has 0 aromatic rings. The molecule has 0 aliphatic carbocycles. The predicted molar refractivity (Wildman–Crippen MR) is 114 cm³/mol. The van der Waals surface area contributed by atoms with E-state index in [2.05, 4.69) is 56.6 Å². The second-order valence-corrected chi connectivity index (χ2v) is 7.97. The summed E-state index contributed by atoms with van der Waals surface area (Å²) in [6.07, 6.45) is 4.20. The lowest BCUT2D eigenvalue weighted by atomic mass is 10.00. The van der Waals surface area contributed by atoms with E-state index in [1.54, 1.807) is 0 Å². The second kappa shape index (κ2) is 15.2. The molecule has 3 saturated heterocycles. The van der Waals surface area contributed by atoms with Crippen molar-refractivity contribution in [2.75, 3.05) is 60.4 Å². The van der Waals surface area contributed by atoms with Crippen LogP contribution in [0.4, 0.5) is 0 Å². The fourth-order valence-corrected chi connectivity index (χ4v) is 3.30. The Morgan fingerprint density at radius 3 is 1.04 bits per heavy atom. The fraction of sp³-hybridized carbons (Fsp3) is 1.00. The summed E-state index contributed by atoms with van der Waals surface area (Å²) < 4.78 is 0. The lowest BCUT2D eigenvalue weighted by Gasteiger charge is -2.33. The molecule has 3 nitrogen and oxygen atoms in total. The van der Waals surface area contributed by atoms with E-state index in [1.165, 1.54) is 58.5 Å². The molecule has 0 aromatic heterocycles. The van der Waals surface area contributed by atoms with Crippen molar-refractivity contribution >= 4 is 0 Å². The minimum absolute atomic E-state index is 0. The Labute approximate surface area is 155 Å². The van der Waals surface area contributed by atoms with Gasteiger partial charge in [-0.1, -0.05) is 43.1 Å². The van der Waals surface area contributed by atoms with Gasteiger partial charge in [-0.3, -0.25) is 0 Å². The zero-order valence-corrected chi connectivity index (χ0v) is 15.4. The van der Waals surface area contributed by atoms with E-state index in [4.69, 9.17) is 0 Å². The summed E-state index contributed by atoms with van der Waals surface area (Å²) in [5, 5.41) is 0. The van der Waals surface area contributed by atoms with Gasteiger partial charge in [0.25, 0.3) is 0 Å². The topological polar surface area (TPSA) is 9.72 Å². The quantitative estimate of drug-likeness (QED) is 0.625. The molecule has 3 heterocycles. The molecule has 0 amide bonds. The Bertz CT molecular complexity index is 232. The van der Waals surface area contributed by atoms with Gasteiger partial charge in [0, 0.05) is 19.6 Å². The van der Waals surface area contributed by atoms with Gasteiger partial charge in [0.15, 0.2) is 0 Å². The summed E-state index contributed by atoms with van der Waals surface area (Å²) in [7, 11) is 6.54. The van der Waals surface area contributed by atoms with Gasteiger partial charge in [-0.25, -0.2) is 0 Å². The molecule has 0 N–H and O–H groups in total. The zero-order chi connectivity index (χ0) is 15.8. The Kier molecular flexibility index (Phi) is 18.1. The van der Waals surface area contributed by atoms with E-state index in [0.717, 1.165) is 17.8 Å². The third-order valence-electron chi connectivity index (χ3n) is 4.88. The molecule has 3 fully saturated rings. The maximum atomic E-state index is 2.40. The van der Waals surface area contributed by atoms with Crippen LogP contribution in [0.25, 0.3) is 0 Å². The molecule has 24 heavy (non-hydrogen) atoms. The number of hydrogen-bond donors (Lipinski definition) is 0. The summed E-state index contributed by atoms with van der Waals surface area (Å²) in [5.74, 6) is 2.89. The minimum Gasteiger partial charge on any atom is -0.306 e. The standard InChI is InChI=1S/C7H15N.C6H13N.C5H11N.3CH4/c1-7-3-5-8(2)6-4-7;1-6-3-4-7(2)5-6;1-5-3-6(2)4-5;;;/h7H,3-6H2,1-2H3;6H,3-5H2,1-2H3;5H,3-4H2,1-2H3;3*1H4. The molecule has 0 bridgehead atoms. The highest BCUT2D eigenvalue weighted by Crippen LogP contribution is 2.13. The van der Waals surface area contributed by atoms with Gasteiger partial charge in [-0.2, -0.15) is 0 Å². The van der Waals surface area contributed by atoms with E-state index in [1.807, 2.05) is 0 Å². The van der Waals surface area contributed by atoms with Gasteiger partial charge in [0.2, 0.25) is 0 Å². The van der Waals surface area contributed by atoms with E-state index < -0.39 is 0 Å². The first kappa shape index (κ1) is 28.7. The molecule has 0 spiro atoms. The maximum Gasteiger partial charge on any atom is 0.00163 e. The summed E-state index contributed by atoms with van der Waals surface area (Å²) in [4.78, 5) is 7.11. The Balaban J connectivity index is -0.000000261. The molecular formula is C21H51N3. The van der Waals surface area contributed by atoms with Crippen LogP contribution < -0.4 is 0 Å². The molecule has 0 aromatic carbocycles. The SMILES string of the molecule is C.C.C.CC1CCN(C)C1.CC1CCN(C)CC1.CC1CN(C)C1. The van der Waals surface area contributed by atoms with E-state index in [-0.39, 0.29) is 22.3 Å². The first-order valence-electron chi connectivity index (χ1n) is 8.92. The van der Waals surface area contributed by atoms with Gasteiger partial charge < -0.3 is 14.7 Å². The van der Waals surface area contributed by atoms with E-state index in [9.17, 15) is 0 Å². The van der Waals surface area contributed by atoms with Crippen molar-refractivity contribution in [3.63, 3.8) is 0 Å². The molecule has 1 atom stereocenters. The molecule has 0 radical (unpaired) electrons. The van der Waals surface area contributed by atoms with Crippen LogP contribution in [0.5, 0.6) is 0 Å². The summed E-state index contributed by atoms with van der Waals surface area (Å²) in [5.41, 5.74) is 0. The summed E-state index contributed by atoms with van der Waals surface area (Å²) in [6.45, 7) is 14.8. The average Bonchev–Trinajstić information content (AvgIpc) is 2.77. The highest BCUT2D eigenvalue weighted by molar-refractivity contribution is 4.71. The smallest absolute Gasteiger partial charge is 0.00163 e. The first-order valence-corrected chi connectivity index (χ1v) is 8.92. The lowest BCUT2D eigenvalue weighted by molar-refractivity contribution is 0.149. The number of piperidine rings is 1. The predicted octanol–water partition coefficient (Wildman–Crippen LogP) is 4.78. The maximum absolute atomic E-state index is 2.40. The molecule has 3 rings (SSSR count). The van der Waals surface area contributed by atoms with Crippen molar-refractivity contribution in [2.45, 2.75) is 62.3 Å². The number of likely N-dealkylation sites (tertiary alicyclic amines) is 3. The van der Waals surface area contributed by atoms with Crippen LogP contribution in [0.15, 0.2) is 0 Å². The normalized spacial score (nSPS) is 25.5. The zero-order valence-electron chi connectivity index (χ0n) is 15.4. The van der Waals surface area contributed by atoms with Crippen LogP contribution in [0, 0.1) is 17.8 Å². The fourth-order valence-electron chi connectivity index (χ4n) is 3.30. The van der Waals surface area contributed by atoms with Gasteiger partial charge in [0.05, 0.1) is 0 Å². The van der Waals surface area contributed by atoms with Crippen molar-refractivity contribution in [1.29, 1.82) is 0 Å². The second-order valence-electron chi connectivity index (χ2n) is 7.97. The van der Waals surface area contributed by atoms with Gasteiger partial charge in [0.1, 0.15) is 0 Å². The van der Waals surface area contributed by atoms with Crippen LogP contribution >= 0.6 is 0 Å². The van der Waals surface area contributed by atoms with Gasteiger partial charge in [-0.15, -0.1) is 0 Å². The third-order valence-corrected chi connectivity index (χ3v) is 4.88. The number of hydrogen-bond acceptors (Lipinski definition) is 3. The highest BCUT2D eigenvalue weighted by Gasteiger charge is 2.16. The van der Waals surface area contributed by atoms with Crippen molar-refractivity contribution in [2.24, 2.45) is 17.8 Å². The molecule has 150 valence electrons. The Morgan fingerprint density at radius 1 is 0.500 bits per heavy atom. The third kappa shape index (κ3) is 13.2. The van der Waals surface area contributed by atoms with Crippen molar-refractivity contribution in [3.8, 4) is 0 Å². The molecule has 1 unspecified atom stereocenters. The molecule has 0 saturated carbocycles. The van der Waals surface area contributed by atoms with E-state index >= 15 is 0 Å². The summed E-state index contributed by atoms with van der Waals surface area (Å²) >= 11 is 0. The van der Waals surface area contributed by atoms with Gasteiger partial charge >= 0.3 is 0 Å². The van der Waals surface area contributed by atoms with Crippen LogP contribution in [0.2, 0.25) is 0 Å². The van der Waals surface area contributed by atoms with Gasteiger partial charge in [-0.05, 0) is 77.8 Å². The molecule has 3 heteroatoms. The first-order chi connectivity index (χ1) is 9.86. The van der Waals surface area contributed by atoms with Crippen molar-refractivity contribution in [3.05, 3.63) is 0 Å². The summed E-state index contributed by atoms with van der Waals surface area (Å²) in [6, 6.07) is 0. The number of rotatable bonds is 0. The van der Waals surface area contributed by atoms with Crippen molar-refractivity contribution < 1.29 is 0 Å². The van der Waals surface area contributed by atoms with Crippen LogP contribution in [-0.2, 0) is 0 Å². The van der Waals surface area contributed by atoms with Crippen LogP contribution in [0.1, 0.15) is 62.3 Å². The molecular weight excluding hydrogens is 294 g/mol. The lowest BCUT2D eigenvalue weighted by Crippen LogP contribution is -2.41. The Morgan fingerprint density at radius 2 is 0.875 bits per heavy atom. The Hall–Kier alpha value is -0.120. The number of nitrogens with zero attached hydrogens (tertiary/aromatic N) is 3. The van der Waals surface area contributed by atoms with E-state index in [0.29, 0.717) is 0 Å². The largest absolute Gasteiger partial charge is 0.306 e. The average molecular weight is 346 g/mol. The monoisotopic (exact) mass is 345 g/mol. The minimum atomic E-state index is 0. The molecule has 3 aliphatic rings. The van der Waals surface area contributed by atoms with Crippen molar-refractivity contribution in [1.82, 2.24) is 14.7 Å². The van der Waals surface area contributed by atoms with Crippen LogP contribution in [0.3, 0.4) is 0 Å². The highest BCUT2D eigenvalue weighted by atomic mass is 15.2.